The molecule has 0 spiro atoms. The molecule has 0 saturated carbocycles. The first kappa shape index (κ1) is 18.6. The van der Waals surface area contributed by atoms with Crippen molar-refractivity contribution in [3.8, 4) is 11.5 Å². The maximum absolute atomic E-state index is 12.7. The number of halogens is 3. The highest BCUT2D eigenvalue weighted by Crippen LogP contribution is 2.31. The standard InChI is InChI=1S/C18H18F3NO3/c1-3-14(25-16-10-5-4-9-15(16)24-2)17(23)22-13-8-6-7-12(11-13)18(19,20)21/h4-11,14H,3H2,1-2H3,(H,22,23)/t14-/m0/s1. The summed E-state index contributed by atoms with van der Waals surface area (Å²) >= 11 is 0. The normalized spacial score (nSPS) is 12.4. The Morgan fingerprint density at radius 3 is 2.40 bits per heavy atom. The minimum absolute atomic E-state index is 0.0573. The molecule has 1 N–H and O–H groups in total. The maximum atomic E-state index is 12.7. The van der Waals surface area contributed by atoms with Crippen LogP contribution in [0.1, 0.15) is 18.9 Å². The lowest BCUT2D eigenvalue weighted by Crippen LogP contribution is -2.32. The lowest BCUT2D eigenvalue weighted by atomic mass is 10.2. The molecule has 0 heterocycles. The monoisotopic (exact) mass is 353 g/mol. The Morgan fingerprint density at radius 2 is 1.80 bits per heavy atom. The quantitative estimate of drug-likeness (QED) is 0.831. The molecule has 0 radical (unpaired) electrons. The molecule has 25 heavy (non-hydrogen) atoms. The summed E-state index contributed by atoms with van der Waals surface area (Å²) in [6.07, 6.45) is -5.01. The van der Waals surface area contributed by atoms with Crippen LogP contribution in [0.15, 0.2) is 48.5 Å². The number of ether oxygens (including phenoxy) is 2. The van der Waals surface area contributed by atoms with Gasteiger partial charge in [-0.1, -0.05) is 25.1 Å². The number of benzene rings is 2. The van der Waals surface area contributed by atoms with Gasteiger partial charge < -0.3 is 14.8 Å². The van der Waals surface area contributed by atoms with Crippen LogP contribution in [0.2, 0.25) is 0 Å². The highest BCUT2D eigenvalue weighted by atomic mass is 19.4. The molecule has 0 aliphatic carbocycles. The van der Waals surface area contributed by atoms with E-state index in [1.54, 1.807) is 31.2 Å². The molecule has 2 rings (SSSR count). The minimum atomic E-state index is -4.47. The summed E-state index contributed by atoms with van der Waals surface area (Å²) in [4.78, 5) is 12.4. The third kappa shape index (κ3) is 4.89. The van der Waals surface area contributed by atoms with Gasteiger partial charge in [0.05, 0.1) is 12.7 Å². The molecule has 1 atom stereocenters. The number of nitrogens with one attached hydrogen (secondary N) is 1. The first-order valence-electron chi connectivity index (χ1n) is 7.63. The molecule has 0 aliphatic heterocycles. The van der Waals surface area contributed by atoms with E-state index >= 15 is 0 Å². The Bertz CT molecular complexity index is 732. The maximum Gasteiger partial charge on any atom is 0.416 e. The number of carbonyl (C=O) groups excluding carboxylic acids is 1. The van der Waals surface area contributed by atoms with Crippen molar-refractivity contribution < 1.29 is 27.4 Å². The Kier molecular flexibility index (Phi) is 5.90. The van der Waals surface area contributed by atoms with E-state index in [0.717, 1.165) is 12.1 Å². The number of hydrogen-bond donors (Lipinski definition) is 1. The highest BCUT2D eigenvalue weighted by Gasteiger charge is 2.30. The summed E-state index contributed by atoms with van der Waals surface area (Å²) in [7, 11) is 1.48. The zero-order chi connectivity index (χ0) is 18.4. The first-order valence-corrected chi connectivity index (χ1v) is 7.63. The third-order valence-corrected chi connectivity index (χ3v) is 3.46. The van der Waals surface area contributed by atoms with Crippen LogP contribution in [-0.4, -0.2) is 19.1 Å². The molecular weight excluding hydrogens is 335 g/mol. The summed E-state index contributed by atoms with van der Waals surface area (Å²) in [5, 5.41) is 2.46. The van der Waals surface area contributed by atoms with E-state index in [0.29, 0.717) is 17.9 Å². The number of hydrogen-bond acceptors (Lipinski definition) is 3. The molecule has 0 aliphatic rings. The van der Waals surface area contributed by atoms with Crippen molar-refractivity contribution in [2.24, 2.45) is 0 Å². The molecule has 7 heteroatoms. The number of carbonyl (C=O) groups is 1. The van der Waals surface area contributed by atoms with Gasteiger partial charge in [0.2, 0.25) is 0 Å². The first-order chi connectivity index (χ1) is 11.8. The number of alkyl halides is 3. The van der Waals surface area contributed by atoms with Crippen molar-refractivity contribution >= 4 is 11.6 Å². The number of methoxy groups -OCH3 is 1. The Labute approximate surface area is 143 Å². The summed E-state index contributed by atoms with van der Waals surface area (Å²) in [6, 6.07) is 11.3. The van der Waals surface area contributed by atoms with Gasteiger partial charge in [-0.2, -0.15) is 13.2 Å². The van der Waals surface area contributed by atoms with Gasteiger partial charge in [0.1, 0.15) is 0 Å². The molecule has 134 valence electrons. The van der Waals surface area contributed by atoms with Crippen LogP contribution in [0.3, 0.4) is 0 Å². The highest BCUT2D eigenvalue weighted by molar-refractivity contribution is 5.94. The van der Waals surface area contributed by atoms with Gasteiger partial charge >= 0.3 is 6.18 Å². The molecule has 0 fully saturated rings. The number of para-hydroxylation sites is 2. The van der Waals surface area contributed by atoms with E-state index in [1.165, 1.54) is 19.2 Å². The molecule has 2 aromatic rings. The van der Waals surface area contributed by atoms with Gasteiger partial charge in [-0.15, -0.1) is 0 Å². The van der Waals surface area contributed by atoms with Crippen LogP contribution in [0, 0.1) is 0 Å². The topological polar surface area (TPSA) is 47.6 Å². The van der Waals surface area contributed by atoms with Crippen LogP contribution in [0.4, 0.5) is 18.9 Å². The molecule has 2 aromatic carbocycles. The average molecular weight is 353 g/mol. The fraction of sp³-hybridized carbons (Fsp3) is 0.278. The van der Waals surface area contributed by atoms with Gasteiger partial charge in [0, 0.05) is 5.69 Å². The second-order valence-corrected chi connectivity index (χ2v) is 5.23. The number of anilines is 1. The Morgan fingerprint density at radius 1 is 1.12 bits per heavy atom. The van der Waals surface area contributed by atoms with Gasteiger partial charge in [0.25, 0.3) is 5.91 Å². The second kappa shape index (κ2) is 7.92. The lowest BCUT2D eigenvalue weighted by Gasteiger charge is -2.19. The van der Waals surface area contributed by atoms with E-state index in [2.05, 4.69) is 5.32 Å². The largest absolute Gasteiger partial charge is 0.493 e. The minimum Gasteiger partial charge on any atom is -0.493 e. The number of rotatable bonds is 6. The Balaban J connectivity index is 2.13. The summed E-state index contributed by atoms with van der Waals surface area (Å²) in [5.41, 5.74) is -0.772. The van der Waals surface area contributed by atoms with Crippen molar-refractivity contribution in [3.05, 3.63) is 54.1 Å². The fourth-order valence-corrected chi connectivity index (χ4v) is 2.19. The lowest BCUT2D eigenvalue weighted by molar-refractivity contribution is -0.137. The van der Waals surface area contributed by atoms with Crippen molar-refractivity contribution in [1.29, 1.82) is 0 Å². The van der Waals surface area contributed by atoms with E-state index in [-0.39, 0.29) is 5.69 Å². The van der Waals surface area contributed by atoms with E-state index in [4.69, 9.17) is 9.47 Å². The van der Waals surface area contributed by atoms with Gasteiger partial charge in [-0.3, -0.25) is 4.79 Å². The van der Waals surface area contributed by atoms with Gasteiger partial charge in [-0.25, -0.2) is 0 Å². The second-order valence-electron chi connectivity index (χ2n) is 5.23. The van der Waals surface area contributed by atoms with Crippen molar-refractivity contribution in [2.75, 3.05) is 12.4 Å². The van der Waals surface area contributed by atoms with Crippen LogP contribution in [0.25, 0.3) is 0 Å². The van der Waals surface area contributed by atoms with E-state index < -0.39 is 23.8 Å². The molecule has 0 saturated heterocycles. The predicted octanol–water partition coefficient (Wildman–Crippen LogP) is 4.51. The van der Waals surface area contributed by atoms with Crippen LogP contribution in [-0.2, 0) is 11.0 Å². The zero-order valence-electron chi connectivity index (χ0n) is 13.8. The van der Waals surface area contributed by atoms with E-state index in [1.807, 2.05) is 0 Å². The van der Waals surface area contributed by atoms with Crippen molar-refractivity contribution in [3.63, 3.8) is 0 Å². The van der Waals surface area contributed by atoms with Crippen LogP contribution >= 0.6 is 0 Å². The molecule has 4 nitrogen and oxygen atoms in total. The van der Waals surface area contributed by atoms with Gasteiger partial charge in [0.15, 0.2) is 17.6 Å². The molecular formula is C18H18F3NO3. The molecule has 1 amide bonds. The Hall–Kier alpha value is -2.70. The molecule has 0 bridgehead atoms. The third-order valence-electron chi connectivity index (χ3n) is 3.46. The average Bonchev–Trinajstić information content (AvgIpc) is 2.59. The SMILES string of the molecule is CC[C@H](Oc1ccccc1OC)C(=O)Nc1cccc(C(F)(F)F)c1. The fourth-order valence-electron chi connectivity index (χ4n) is 2.19. The predicted molar refractivity (Wildman–Crippen MR) is 87.8 cm³/mol. The van der Waals surface area contributed by atoms with Gasteiger partial charge in [-0.05, 0) is 36.8 Å². The van der Waals surface area contributed by atoms with Crippen LogP contribution in [0.5, 0.6) is 11.5 Å². The number of amides is 1. The van der Waals surface area contributed by atoms with E-state index in [9.17, 15) is 18.0 Å². The zero-order valence-corrected chi connectivity index (χ0v) is 13.8. The van der Waals surface area contributed by atoms with Crippen molar-refractivity contribution in [1.82, 2.24) is 0 Å². The summed E-state index contributed by atoms with van der Waals surface area (Å²) in [6.45, 7) is 1.74. The smallest absolute Gasteiger partial charge is 0.416 e. The molecule has 0 unspecified atom stereocenters. The molecule has 0 aromatic heterocycles. The van der Waals surface area contributed by atoms with Crippen molar-refractivity contribution in [2.45, 2.75) is 25.6 Å². The van der Waals surface area contributed by atoms with Crippen LogP contribution < -0.4 is 14.8 Å². The summed E-state index contributed by atoms with van der Waals surface area (Å²) in [5.74, 6) is 0.316. The summed E-state index contributed by atoms with van der Waals surface area (Å²) < 4.78 is 49.1.